The fourth-order valence-corrected chi connectivity index (χ4v) is 5.29. The number of imide groups is 1. The SMILES string of the molecule is CC(C)(C)OC(=O)N(CCOCC(=O)Nc1cccc2c1CN(C1CCC(=O)NC1=O)C2=O)CCN1CCC(N)CC1. The van der Waals surface area contributed by atoms with Gasteiger partial charge in [-0.15, -0.1) is 0 Å². The Balaban J connectivity index is 1.28. The Labute approximate surface area is 246 Å². The molecule has 1 aromatic carbocycles. The molecule has 0 aliphatic carbocycles. The predicted molar refractivity (Wildman–Crippen MR) is 153 cm³/mol. The Hall–Kier alpha value is -3.55. The van der Waals surface area contributed by atoms with E-state index in [4.69, 9.17) is 15.2 Å². The zero-order valence-corrected chi connectivity index (χ0v) is 24.6. The van der Waals surface area contributed by atoms with Crippen molar-refractivity contribution in [3.63, 3.8) is 0 Å². The summed E-state index contributed by atoms with van der Waals surface area (Å²) in [7, 11) is 0. The number of ether oxygens (including phenoxy) is 2. The van der Waals surface area contributed by atoms with Crippen LogP contribution in [0.4, 0.5) is 10.5 Å². The van der Waals surface area contributed by atoms with Crippen LogP contribution in [-0.4, -0.2) is 108 Å². The molecule has 13 heteroatoms. The lowest BCUT2D eigenvalue weighted by Gasteiger charge is -2.33. The highest BCUT2D eigenvalue weighted by atomic mass is 16.6. The van der Waals surface area contributed by atoms with Gasteiger partial charge in [-0.1, -0.05) is 6.07 Å². The Morgan fingerprint density at radius 3 is 2.55 bits per heavy atom. The summed E-state index contributed by atoms with van der Waals surface area (Å²) >= 11 is 0. The summed E-state index contributed by atoms with van der Waals surface area (Å²) in [6.45, 7) is 8.66. The first-order valence-corrected chi connectivity index (χ1v) is 14.5. The van der Waals surface area contributed by atoms with Gasteiger partial charge in [0.1, 0.15) is 18.2 Å². The lowest BCUT2D eigenvalue weighted by Crippen LogP contribution is -2.52. The average Bonchev–Trinajstić information content (AvgIpc) is 3.25. The van der Waals surface area contributed by atoms with Crippen molar-refractivity contribution in [3.8, 4) is 0 Å². The van der Waals surface area contributed by atoms with Crippen LogP contribution in [0.25, 0.3) is 0 Å². The maximum Gasteiger partial charge on any atom is 0.410 e. The second-order valence-electron chi connectivity index (χ2n) is 12.0. The number of rotatable bonds is 10. The lowest BCUT2D eigenvalue weighted by molar-refractivity contribution is -0.137. The third kappa shape index (κ3) is 8.26. The Morgan fingerprint density at radius 2 is 1.86 bits per heavy atom. The fraction of sp³-hybridized carbons (Fsp3) is 0.621. The van der Waals surface area contributed by atoms with Gasteiger partial charge < -0.3 is 35.2 Å². The van der Waals surface area contributed by atoms with Crippen LogP contribution in [0.2, 0.25) is 0 Å². The van der Waals surface area contributed by atoms with E-state index in [1.807, 2.05) is 20.8 Å². The molecule has 3 aliphatic heterocycles. The normalized spacial score (nSPS) is 19.9. The summed E-state index contributed by atoms with van der Waals surface area (Å²) in [5, 5.41) is 5.08. The van der Waals surface area contributed by atoms with E-state index in [1.165, 1.54) is 4.90 Å². The van der Waals surface area contributed by atoms with Crippen LogP contribution in [0.5, 0.6) is 0 Å². The second-order valence-corrected chi connectivity index (χ2v) is 12.0. The van der Waals surface area contributed by atoms with Crippen molar-refractivity contribution in [3.05, 3.63) is 29.3 Å². The van der Waals surface area contributed by atoms with E-state index < -0.39 is 29.6 Å². The first-order valence-electron chi connectivity index (χ1n) is 14.5. The number of anilines is 1. The van der Waals surface area contributed by atoms with E-state index in [9.17, 15) is 24.0 Å². The molecule has 5 amide bonds. The number of nitrogens with two attached hydrogens (primary N) is 1. The molecule has 42 heavy (non-hydrogen) atoms. The van der Waals surface area contributed by atoms with Crippen LogP contribution >= 0.6 is 0 Å². The minimum Gasteiger partial charge on any atom is -0.444 e. The van der Waals surface area contributed by atoms with Crippen molar-refractivity contribution in [2.45, 2.75) is 70.7 Å². The molecule has 2 saturated heterocycles. The summed E-state index contributed by atoms with van der Waals surface area (Å²) in [5.74, 6) is -1.58. The standard InChI is InChI=1S/C29H42N6O7/c1-29(2,3)42-28(40)34(14-13-33-11-9-19(30)10-12-33)15-16-41-18-25(37)31-22-6-4-5-20-21(22)17-35(27(20)39)23-7-8-24(36)32-26(23)38/h4-6,19,23H,7-18,30H2,1-3H3,(H,31,37)(H,32,36,38). The van der Waals surface area contributed by atoms with Gasteiger partial charge >= 0.3 is 6.09 Å². The maximum absolute atomic E-state index is 13.0. The summed E-state index contributed by atoms with van der Waals surface area (Å²) < 4.78 is 11.2. The highest BCUT2D eigenvalue weighted by Crippen LogP contribution is 2.32. The first kappa shape index (κ1) is 31.4. The van der Waals surface area contributed by atoms with Gasteiger partial charge in [0, 0.05) is 55.5 Å². The van der Waals surface area contributed by atoms with Gasteiger partial charge in [0.05, 0.1) is 6.61 Å². The Kier molecular flexibility index (Phi) is 10.2. The number of nitrogens with one attached hydrogen (secondary N) is 2. The molecule has 0 bridgehead atoms. The van der Waals surface area contributed by atoms with Crippen LogP contribution in [0.15, 0.2) is 18.2 Å². The summed E-state index contributed by atoms with van der Waals surface area (Å²) in [6.07, 6.45) is 1.84. The van der Waals surface area contributed by atoms with Crippen LogP contribution in [0.1, 0.15) is 62.4 Å². The van der Waals surface area contributed by atoms with E-state index in [1.54, 1.807) is 23.1 Å². The fourth-order valence-electron chi connectivity index (χ4n) is 5.29. The van der Waals surface area contributed by atoms with Crippen LogP contribution < -0.4 is 16.4 Å². The summed E-state index contributed by atoms with van der Waals surface area (Å²) in [6, 6.07) is 4.49. The molecular formula is C29H42N6O7. The van der Waals surface area contributed by atoms with Gasteiger partial charge in [-0.3, -0.25) is 24.5 Å². The van der Waals surface area contributed by atoms with Crippen LogP contribution in [0.3, 0.4) is 0 Å². The lowest BCUT2D eigenvalue weighted by atomic mass is 10.0. The quantitative estimate of drug-likeness (QED) is 0.269. The number of amides is 5. The van der Waals surface area contributed by atoms with Crippen LogP contribution in [0, 0.1) is 0 Å². The predicted octanol–water partition coefficient (Wildman–Crippen LogP) is 1.06. The number of hydrogen-bond donors (Lipinski definition) is 3. The second kappa shape index (κ2) is 13.6. The number of hydrogen-bond acceptors (Lipinski definition) is 9. The van der Waals surface area contributed by atoms with Gasteiger partial charge in [0.15, 0.2) is 0 Å². The molecule has 13 nitrogen and oxygen atoms in total. The number of likely N-dealkylation sites (tertiary alicyclic amines) is 1. The van der Waals surface area contributed by atoms with Crippen molar-refractivity contribution in [2.75, 3.05) is 51.3 Å². The van der Waals surface area contributed by atoms with E-state index in [2.05, 4.69) is 15.5 Å². The molecule has 1 atom stereocenters. The molecule has 0 radical (unpaired) electrons. The molecule has 2 fully saturated rings. The van der Waals surface area contributed by atoms with Crippen molar-refractivity contribution < 1.29 is 33.4 Å². The van der Waals surface area contributed by atoms with Crippen LogP contribution in [-0.2, 0) is 30.4 Å². The topological polar surface area (TPSA) is 164 Å². The summed E-state index contributed by atoms with van der Waals surface area (Å²) in [5.41, 5.74) is 6.83. The van der Waals surface area contributed by atoms with E-state index in [0.717, 1.165) is 25.9 Å². The largest absolute Gasteiger partial charge is 0.444 e. The molecule has 4 rings (SSSR count). The molecule has 1 unspecified atom stereocenters. The van der Waals surface area contributed by atoms with E-state index in [-0.39, 0.29) is 57.0 Å². The molecule has 0 saturated carbocycles. The van der Waals surface area contributed by atoms with E-state index >= 15 is 0 Å². The molecule has 230 valence electrons. The third-order valence-corrected chi connectivity index (χ3v) is 7.56. The Morgan fingerprint density at radius 1 is 1.12 bits per heavy atom. The highest BCUT2D eigenvalue weighted by molar-refractivity contribution is 6.06. The smallest absolute Gasteiger partial charge is 0.410 e. The van der Waals surface area contributed by atoms with Gasteiger partial charge in [0.2, 0.25) is 17.7 Å². The van der Waals surface area contributed by atoms with Crippen molar-refractivity contribution in [1.29, 1.82) is 0 Å². The molecule has 1 aromatic rings. The molecule has 4 N–H and O–H groups in total. The Bertz CT molecular complexity index is 1190. The average molecular weight is 587 g/mol. The minimum atomic E-state index is -0.741. The molecule has 0 aromatic heterocycles. The van der Waals surface area contributed by atoms with Gasteiger partial charge in [-0.2, -0.15) is 0 Å². The minimum absolute atomic E-state index is 0.131. The molecule has 3 heterocycles. The summed E-state index contributed by atoms with van der Waals surface area (Å²) in [4.78, 5) is 67.7. The molecule has 0 spiro atoms. The van der Waals surface area contributed by atoms with Crippen molar-refractivity contribution in [1.82, 2.24) is 20.0 Å². The first-order chi connectivity index (χ1) is 19.9. The van der Waals surface area contributed by atoms with Crippen molar-refractivity contribution in [2.24, 2.45) is 5.73 Å². The number of carbonyl (C=O) groups is 5. The zero-order valence-electron chi connectivity index (χ0n) is 24.6. The monoisotopic (exact) mass is 586 g/mol. The highest BCUT2D eigenvalue weighted by Gasteiger charge is 2.40. The number of piperidine rings is 2. The van der Waals surface area contributed by atoms with Gasteiger partial charge in [0.25, 0.3) is 5.91 Å². The van der Waals surface area contributed by atoms with E-state index in [0.29, 0.717) is 29.9 Å². The number of fused-ring (bicyclic) bond motifs is 1. The molecular weight excluding hydrogens is 544 g/mol. The number of nitrogens with zero attached hydrogens (tertiary/aromatic N) is 3. The zero-order chi connectivity index (χ0) is 30.4. The third-order valence-electron chi connectivity index (χ3n) is 7.56. The number of carbonyl (C=O) groups excluding carboxylic acids is 5. The number of benzene rings is 1. The van der Waals surface area contributed by atoms with Gasteiger partial charge in [-0.25, -0.2) is 4.79 Å². The van der Waals surface area contributed by atoms with Crippen molar-refractivity contribution >= 4 is 35.4 Å². The maximum atomic E-state index is 13.0. The van der Waals surface area contributed by atoms with Gasteiger partial charge in [-0.05, 0) is 65.3 Å². The molecule has 3 aliphatic rings.